The summed E-state index contributed by atoms with van der Waals surface area (Å²) in [6.45, 7) is 10.2. The molecule has 0 aliphatic rings. The number of benzene rings is 1. The topological polar surface area (TPSA) is 80.4 Å². The molecule has 156 valence electrons. The zero-order valence-electron chi connectivity index (χ0n) is 17.5. The molecule has 0 unspecified atom stereocenters. The minimum absolute atomic E-state index is 0.0730. The molecule has 0 aliphatic carbocycles. The third-order valence-corrected chi connectivity index (χ3v) is 5.00. The van der Waals surface area contributed by atoms with Gasteiger partial charge in [0.15, 0.2) is 0 Å². The number of nitrogens with one attached hydrogen (secondary N) is 1. The van der Waals surface area contributed by atoms with Crippen LogP contribution in [-0.4, -0.2) is 46.8 Å². The number of hydrogen-bond acceptors (Lipinski definition) is 5. The number of aryl methyl sites for hydroxylation is 1. The van der Waals surface area contributed by atoms with Gasteiger partial charge in [-0.25, -0.2) is 4.79 Å². The molecule has 0 radical (unpaired) electrons. The van der Waals surface area contributed by atoms with E-state index >= 15 is 0 Å². The molecule has 1 N–H and O–H groups in total. The Labute approximate surface area is 170 Å². The monoisotopic (exact) mass is 398 g/mol. The van der Waals surface area contributed by atoms with Gasteiger partial charge in [-0.2, -0.15) is 5.10 Å². The predicted octanol–water partition coefficient (Wildman–Crippen LogP) is 3.08. The molecular weight excluding hydrogens is 368 g/mol. The molecule has 0 atom stereocenters. The second-order valence-electron chi connectivity index (χ2n) is 7.50. The Morgan fingerprint density at radius 3 is 2.66 bits per heavy atom. The van der Waals surface area contributed by atoms with Crippen LogP contribution in [0.15, 0.2) is 33.6 Å². The van der Waals surface area contributed by atoms with Crippen molar-refractivity contribution >= 4 is 27.8 Å². The first-order valence-corrected chi connectivity index (χ1v) is 10.4. The lowest BCUT2D eigenvalue weighted by Crippen LogP contribution is -2.32. The first kappa shape index (κ1) is 21.0. The molecule has 2 heterocycles. The number of carbonyl (C=O) groups excluding carboxylic acids is 1. The van der Waals surface area contributed by atoms with Crippen LogP contribution in [0.4, 0.5) is 0 Å². The predicted molar refractivity (Wildman–Crippen MR) is 115 cm³/mol. The van der Waals surface area contributed by atoms with Crippen LogP contribution in [0.1, 0.15) is 38.7 Å². The van der Waals surface area contributed by atoms with Crippen molar-refractivity contribution in [2.45, 2.75) is 46.6 Å². The molecule has 1 aromatic carbocycles. The van der Waals surface area contributed by atoms with Gasteiger partial charge in [0.05, 0.1) is 11.7 Å². The lowest BCUT2D eigenvalue weighted by atomic mass is 10.1. The zero-order chi connectivity index (χ0) is 20.8. The van der Waals surface area contributed by atoms with Gasteiger partial charge in [0.25, 0.3) is 0 Å². The quantitative estimate of drug-likeness (QED) is 0.419. The molecule has 7 nitrogen and oxygen atoms in total. The second-order valence-corrected chi connectivity index (χ2v) is 7.50. The molecule has 0 spiro atoms. The highest BCUT2D eigenvalue weighted by molar-refractivity contribution is 6.02. The third-order valence-electron chi connectivity index (χ3n) is 5.00. The number of amides is 1. The molecule has 0 saturated heterocycles. The largest absolute Gasteiger partial charge is 0.422 e. The van der Waals surface area contributed by atoms with Crippen LogP contribution in [0, 0.1) is 6.92 Å². The van der Waals surface area contributed by atoms with Gasteiger partial charge in [0.1, 0.15) is 17.5 Å². The molecule has 3 rings (SSSR count). The summed E-state index contributed by atoms with van der Waals surface area (Å²) >= 11 is 0. The fraction of sp³-hybridized carbons (Fsp3) is 0.500. The fourth-order valence-corrected chi connectivity index (χ4v) is 3.70. The Kier molecular flexibility index (Phi) is 7.04. The maximum absolute atomic E-state index is 12.5. The summed E-state index contributed by atoms with van der Waals surface area (Å²) in [6, 6.07) is 5.62. The van der Waals surface area contributed by atoms with Gasteiger partial charge in [-0.3, -0.25) is 9.48 Å². The average molecular weight is 399 g/mol. The fourth-order valence-electron chi connectivity index (χ4n) is 3.70. The van der Waals surface area contributed by atoms with E-state index in [0.29, 0.717) is 23.0 Å². The van der Waals surface area contributed by atoms with Gasteiger partial charge in [0.2, 0.25) is 5.91 Å². The Morgan fingerprint density at radius 2 is 1.93 bits per heavy atom. The SMILES string of the molecule is CCCN(CCC)CCCNC(=O)Cn1ncc2c(=O)oc3ccc(C)cc3c21. The number of carbonyl (C=O) groups is 1. The molecule has 29 heavy (non-hydrogen) atoms. The molecule has 0 bridgehead atoms. The summed E-state index contributed by atoms with van der Waals surface area (Å²) in [5.74, 6) is -0.110. The molecular formula is C22H30N4O3. The number of rotatable bonds is 10. The third kappa shape index (κ3) is 5.03. The van der Waals surface area contributed by atoms with E-state index in [0.717, 1.165) is 49.8 Å². The van der Waals surface area contributed by atoms with E-state index in [9.17, 15) is 9.59 Å². The standard InChI is InChI=1S/C22H30N4O3/c1-4-10-25(11-5-2)12-6-9-23-20(27)15-26-21-17-13-16(3)7-8-19(17)29-22(28)18(21)14-24-26/h7-8,13-14H,4-6,9-12,15H2,1-3H3,(H,23,27). The zero-order valence-corrected chi connectivity index (χ0v) is 17.5. The number of fused-ring (bicyclic) bond motifs is 3. The Balaban J connectivity index is 1.67. The normalized spacial score (nSPS) is 11.6. The maximum atomic E-state index is 12.5. The number of hydrogen-bond donors (Lipinski definition) is 1. The highest BCUT2D eigenvalue weighted by Gasteiger charge is 2.15. The lowest BCUT2D eigenvalue weighted by Gasteiger charge is -2.20. The number of aromatic nitrogens is 2. The van der Waals surface area contributed by atoms with Gasteiger partial charge in [-0.1, -0.05) is 25.5 Å². The van der Waals surface area contributed by atoms with E-state index < -0.39 is 5.63 Å². The van der Waals surface area contributed by atoms with Gasteiger partial charge in [-0.05, 0) is 58.0 Å². The molecule has 0 aliphatic heterocycles. The van der Waals surface area contributed by atoms with Crippen molar-refractivity contribution in [1.82, 2.24) is 20.0 Å². The van der Waals surface area contributed by atoms with E-state index in [-0.39, 0.29) is 12.5 Å². The first-order valence-electron chi connectivity index (χ1n) is 10.4. The Bertz CT molecular complexity index is 1030. The molecule has 3 aromatic rings. The lowest BCUT2D eigenvalue weighted by molar-refractivity contribution is -0.121. The van der Waals surface area contributed by atoms with Gasteiger partial charge in [-0.15, -0.1) is 0 Å². The Morgan fingerprint density at radius 1 is 1.17 bits per heavy atom. The van der Waals surface area contributed by atoms with Gasteiger partial charge in [0, 0.05) is 11.9 Å². The molecule has 0 fully saturated rings. The van der Waals surface area contributed by atoms with E-state index in [4.69, 9.17) is 4.42 Å². The summed E-state index contributed by atoms with van der Waals surface area (Å²) in [5, 5.41) is 8.43. The molecule has 0 saturated carbocycles. The van der Waals surface area contributed by atoms with Gasteiger partial charge >= 0.3 is 5.63 Å². The van der Waals surface area contributed by atoms with E-state index in [2.05, 4.69) is 29.2 Å². The van der Waals surface area contributed by atoms with Crippen molar-refractivity contribution in [3.05, 3.63) is 40.4 Å². The van der Waals surface area contributed by atoms with E-state index in [1.165, 1.54) is 6.20 Å². The van der Waals surface area contributed by atoms with Crippen molar-refractivity contribution in [3.8, 4) is 0 Å². The van der Waals surface area contributed by atoms with Crippen LogP contribution in [0.2, 0.25) is 0 Å². The number of nitrogens with zero attached hydrogens (tertiary/aromatic N) is 3. The summed E-state index contributed by atoms with van der Waals surface area (Å²) in [6.07, 6.45) is 4.67. The minimum atomic E-state index is -0.435. The van der Waals surface area contributed by atoms with Crippen molar-refractivity contribution in [2.75, 3.05) is 26.2 Å². The molecule has 2 aromatic heterocycles. The van der Waals surface area contributed by atoms with Crippen LogP contribution in [0.25, 0.3) is 21.9 Å². The van der Waals surface area contributed by atoms with Gasteiger partial charge < -0.3 is 14.6 Å². The average Bonchev–Trinajstić information content (AvgIpc) is 3.11. The van der Waals surface area contributed by atoms with Crippen molar-refractivity contribution < 1.29 is 9.21 Å². The van der Waals surface area contributed by atoms with Crippen molar-refractivity contribution in [1.29, 1.82) is 0 Å². The molecule has 1 amide bonds. The summed E-state index contributed by atoms with van der Waals surface area (Å²) in [5.41, 5.74) is 1.76. The molecule has 7 heteroatoms. The van der Waals surface area contributed by atoms with Crippen molar-refractivity contribution in [3.63, 3.8) is 0 Å². The van der Waals surface area contributed by atoms with E-state index in [1.54, 1.807) is 10.7 Å². The van der Waals surface area contributed by atoms with Crippen LogP contribution in [-0.2, 0) is 11.3 Å². The summed E-state index contributed by atoms with van der Waals surface area (Å²) in [7, 11) is 0. The highest BCUT2D eigenvalue weighted by atomic mass is 16.4. The second kappa shape index (κ2) is 9.69. The maximum Gasteiger partial charge on any atom is 0.347 e. The van der Waals surface area contributed by atoms with Crippen LogP contribution in [0.5, 0.6) is 0 Å². The summed E-state index contributed by atoms with van der Waals surface area (Å²) in [4.78, 5) is 27.1. The summed E-state index contributed by atoms with van der Waals surface area (Å²) < 4.78 is 6.96. The van der Waals surface area contributed by atoms with Crippen LogP contribution >= 0.6 is 0 Å². The van der Waals surface area contributed by atoms with Crippen LogP contribution in [0.3, 0.4) is 0 Å². The van der Waals surface area contributed by atoms with Crippen LogP contribution < -0.4 is 10.9 Å². The minimum Gasteiger partial charge on any atom is -0.422 e. The smallest absolute Gasteiger partial charge is 0.347 e. The van der Waals surface area contributed by atoms with E-state index in [1.807, 2.05) is 19.1 Å². The highest BCUT2D eigenvalue weighted by Crippen LogP contribution is 2.23. The van der Waals surface area contributed by atoms with Crippen molar-refractivity contribution in [2.24, 2.45) is 0 Å². The first-order chi connectivity index (χ1) is 14.0. The Hall–Kier alpha value is -2.67.